The fourth-order valence-corrected chi connectivity index (χ4v) is 1.46. The molecule has 1 fully saturated rings. The number of alkyl halides is 1. The SMILES string of the molecule is CC(C)C(F)(C(N)=O)C1CC1. The highest BCUT2D eigenvalue weighted by Gasteiger charge is 2.52. The minimum Gasteiger partial charge on any atom is -0.367 e. The van der Waals surface area contributed by atoms with Gasteiger partial charge >= 0.3 is 0 Å². The van der Waals surface area contributed by atoms with Gasteiger partial charge in [0.2, 0.25) is 0 Å². The van der Waals surface area contributed by atoms with E-state index in [0.29, 0.717) is 0 Å². The molecule has 0 aromatic heterocycles. The van der Waals surface area contributed by atoms with Crippen molar-refractivity contribution in [1.82, 2.24) is 0 Å². The maximum Gasteiger partial charge on any atom is 0.255 e. The predicted octanol–water partition coefficient (Wildman–Crippen LogP) is 1.25. The molecular weight excluding hydrogens is 145 g/mol. The van der Waals surface area contributed by atoms with Crippen LogP contribution in [0.3, 0.4) is 0 Å². The van der Waals surface area contributed by atoms with Crippen molar-refractivity contribution in [3.05, 3.63) is 0 Å². The van der Waals surface area contributed by atoms with E-state index in [4.69, 9.17) is 5.73 Å². The molecule has 1 aliphatic carbocycles. The van der Waals surface area contributed by atoms with Gasteiger partial charge in [0.15, 0.2) is 5.67 Å². The number of carbonyl (C=O) groups is 1. The van der Waals surface area contributed by atoms with Crippen molar-refractivity contribution in [2.24, 2.45) is 17.6 Å². The first-order valence-corrected chi connectivity index (χ1v) is 3.98. The first-order valence-electron chi connectivity index (χ1n) is 3.98. The van der Waals surface area contributed by atoms with Crippen LogP contribution in [0.5, 0.6) is 0 Å². The van der Waals surface area contributed by atoms with Gasteiger partial charge in [-0.1, -0.05) is 13.8 Å². The lowest BCUT2D eigenvalue weighted by atomic mass is 9.87. The Bertz CT molecular complexity index is 173. The zero-order chi connectivity index (χ0) is 8.65. The van der Waals surface area contributed by atoms with Crippen LogP contribution in [0.25, 0.3) is 0 Å². The zero-order valence-electron chi connectivity index (χ0n) is 6.93. The van der Waals surface area contributed by atoms with Crippen molar-refractivity contribution in [2.75, 3.05) is 0 Å². The summed E-state index contributed by atoms with van der Waals surface area (Å²) in [7, 11) is 0. The second-order valence-electron chi connectivity index (χ2n) is 3.56. The van der Waals surface area contributed by atoms with Gasteiger partial charge in [-0.2, -0.15) is 0 Å². The summed E-state index contributed by atoms with van der Waals surface area (Å²) in [6.07, 6.45) is 1.61. The van der Waals surface area contributed by atoms with Gasteiger partial charge in [0.05, 0.1) is 0 Å². The van der Waals surface area contributed by atoms with Crippen molar-refractivity contribution in [1.29, 1.82) is 0 Å². The quantitative estimate of drug-likeness (QED) is 0.661. The Balaban J connectivity index is 2.77. The molecule has 1 rings (SSSR count). The van der Waals surface area contributed by atoms with Crippen LogP contribution in [0.1, 0.15) is 26.7 Å². The van der Waals surface area contributed by atoms with E-state index in [9.17, 15) is 9.18 Å². The van der Waals surface area contributed by atoms with Crippen LogP contribution < -0.4 is 5.73 Å². The number of hydrogen-bond donors (Lipinski definition) is 1. The molecule has 0 spiro atoms. The first kappa shape index (κ1) is 8.50. The topological polar surface area (TPSA) is 43.1 Å². The average molecular weight is 159 g/mol. The smallest absolute Gasteiger partial charge is 0.255 e. The molecule has 3 heteroatoms. The number of halogens is 1. The molecule has 0 heterocycles. The van der Waals surface area contributed by atoms with Gasteiger partial charge in [0, 0.05) is 5.92 Å². The summed E-state index contributed by atoms with van der Waals surface area (Å²) in [4.78, 5) is 10.8. The molecule has 0 saturated heterocycles. The minimum absolute atomic E-state index is 0.111. The molecule has 0 aromatic carbocycles. The molecule has 64 valence electrons. The van der Waals surface area contributed by atoms with E-state index in [1.165, 1.54) is 0 Å². The summed E-state index contributed by atoms with van der Waals surface area (Å²) in [5.41, 5.74) is 3.25. The van der Waals surface area contributed by atoms with Gasteiger partial charge in [-0.3, -0.25) is 4.79 Å². The Hall–Kier alpha value is -0.600. The summed E-state index contributed by atoms with van der Waals surface area (Å²) in [6, 6.07) is 0. The van der Waals surface area contributed by atoms with Crippen LogP contribution >= 0.6 is 0 Å². The highest BCUT2D eigenvalue weighted by Crippen LogP contribution is 2.46. The Labute approximate surface area is 66.0 Å². The Morgan fingerprint density at radius 2 is 2.09 bits per heavy atom. The molecule has 1 atom stereocenters. The van der Waals surface area contributed by atoms with Crippen LogP contribution in [-0.2, 0) is 4.79 Å². The summed E-state index contributed by atoms with van der Waals surface area (Å²) in [5.74, 6) is -1.21. The van der Waals surface area contributed by atoms with Crippen molar-refractivity contribution in [3.63, 3.8) is 0 Å². The summed E-state index contributed by atoms with van der Waals surface area (Å²) in [5, 5.41) is 0. The van der Waals surface area contributed by atoms with Crippen LogP contribution in [0.15, 0.2) is 0 Å². The molecule has 1 unspecified atom stereocenters. The minimum atomic E-state index is -1.75. The van der Waals surface area contributed by atoms with Crippen molar-refractivity contribution >= 4 is 5.91 Å². The van der Waals surface area contributed by atoms with Gasteiger partial charge < -0.3 is 5.73 Å². The number of nitrogens with two attached hydrogens (primary N) is 1. The van der Waals surface area contributed by atoms with E-state index in [0.717, 1.165) is 12.8 Å². The maximum atomic E-state index is 13.7. The lowest BCUT2D eigenvalue weighted by Gasteiger charge is -2.25. The largest absolute Gasteiger partial charge is 0.367 e. The Kier molecular flexibility index (Phi) is 1.90. The van der Waals surface area contributed by atoms with Gasteiger partial charge in [0.25, 0.3) is 5.91 Å². The van der Waals surface area contributed by atoms with Crippen LogP contribution in [0.4, 0.5) is 4.39 Å². The molecule has 0 aliphatic heterocycles. The maximum absolute atomic E-state index is 13.7. The molecule has 0 aromatic rings. The summed E-state index contributed by atoms with van der Waals surface area (Å²) in [6.45, 7) is 3.40. The number of rotatable bonds is 3. The number of hydrogen-bond acceptors (Lipinski definition) is 1. The monoisotopic (exact) mass is 159 g/mol. The molecule has 0 bridgehead atoms. The average Bonchev–Trinajstić information content (AvgIpc) is 2.66. The molecule has 2 nitrogen and oxygen atoms in total. The molecular formula is C8H14FNO. The van der Waals surface area contributed by atoms with Gasteiger partial charge in [-0.05, 0) is 18.8 Å². The highest BCUT2D eigenvalue weighted by atomic mass is 19.1. The van der Waals surface area contributed by atoms with Crippen molar-refractivity contribution in [2.45, 2.75) is 32.4 Å². The normalized spacial score (nSPS) is 23.3. The third-order valence-corrected chi connectivity index (χ3v) is 2.39. The molecule has 1 amide bonds. The van der Waals surface area contributed by atoms with Gasteiger partial charge in [-0.25, -0.2) is 4.39 Å². The lowest BCUT2D eigenvalue weighted by Crippen LogP contribution is -2.46. The standard InChI is InChI=1S/C8H14FNO/c1-5(2)8(9,7(10)11)6-3-4-6/h5-6H,3-4H2,1-2H3,(H2,10,11). The third kappa shape index (κ3) is 1.24. The van der Waals surface area contributed by atoms with Crippen molar-refractivity contribution < 1.29 is 9.18 Å². The van der Waals surface area contributed by atoms with Gasteiger partial charge in [-0.15, -0.1) is 0 Å². The highest BCUT2D eigenvalue weighted by molar-refractivity contribution is 5.84. The van der Waals surface area contributed by atoms with E-state index in [2.05, 4.69) is 0 Å². The third-order valence-electron chi connectivity index (χ3n) is 2.39. The molecule has 1 saturated carbocycles. The Morgan fingerprint density at radius 3 is 2.18 bits per heavy atom. The van der Waals surface area contributed by atoms with Crippen molar-refractivity contribution in [3.8, 4) is 0 Å². The fraction of sp³-hybridized carbons (Fsp3) is 0.875. The fourth-order valence-electron chi connectivity index (χ4n) is 1.46. The number of primary amides is 1. The van der Waals surface area contributed by atoms with Crippen LogP contribution in [0, 0.1) is 11.8 Å². The predicted molar refractivity (Wildman–Crippen MR) is 40.6 cm³/mol. The van der Waals surface area contributed by atoms with Crippen LogP contribution in [-0.4, -0.2) is 11.6 Å². The number of amides is 1. The second kappa shape index (κ2) is 2.47. The lowest BCUT2D eigenvalue weighted by molar-refractivity contribution is -0.134. The van der Waals surface area contributed by atoms with E-state index in [1.807, 2.05) is 0 Å². The first-order chi connectivity index (χ1) is 4.99. The van der Waals surface area contributed by atoms with E-state index < -0.39 is 11.6 Å². The Morgan fingerprint density at radius 1 is 1.64 bits per heavy atom. The van der Waals surface area contributed by atoms with E-state index >= 15 is 0 Å². The van der Waals surface area contributed by atoms with E-state index in [1.54, 1.807) is 13.8 Å². The van der Waals surface area contributed by atoms with Gasteiger partial charge in [0.1, 0.15) is 0 Å². The summed E-state index contributed by atoms with van der Waals surface area (Å²) < 4.78 is 13.7. The zero-order valence-corrected chi connectivity index (χ0v) is 6.93. The van der Waals surface area contributed by atoms with E-state index in [-0.39, 0.29) is 11.8 Å². The van der Waals surface area contributed by atoms with Crippen LogP contribution in [0.2, 0.25) is 0 Å². The second-order valence-corrected chi connectivity index (χ2v) is 3.56. The number of carbonyl (C=O) groups excluding carboxylic acids is 1. The summed E-state index contributed by atoms with van der Waals surface area (Å²) >= 11 is 0. The molecule has 11 heavy (non-hydrogen) atoms. The molecule has 0 radical (unpaired) electrons. The molecule has 2 N–H and O–H groups in total. The molecule has 1 aliphatic rings.